The summed E-state index contributed by atoms with van der Waals surface area (Å²) in [6.07, 6.45) is 2.77. The molecule has 0 atom stereocenters. The van der Waals surface area contributed by atoms with Crippen LogP contribution < -0.4 is 4.74 Å². The van der Waals surface area contributed by atoms with Gasteiger partial charge in [-0.1, -0.05) is 37.6 Å². The summed E-state index contributed by atoms with van der Waals surface area (Å²) in [7, 11) is 0. The Morgan fingerprint density at radius 3 is 2.65 bits per heavy atom. The summed E-state index contributed by atoms with van der Waals surface area (Å²) in [4.78, 5) is 4.22. The number of pyridine rings is 1. The highest BCUT2D eigenvalue weighted by atomic mass is 35.5. The molecule has 0 spiro atoms. The maximum Gasteiger partial charge on any atom is 0.213 e. The molecule has 0 N–H and O–H groups in total. The zero-order valence-electron chi connectivity index (χ0n) is 11.6. The number of halogens is 2. The predicted octanol–water partition coefficient (Wildman–Crippen LogP) is 4.65. The van der Waals surface area contributed by atoms with Crippen LogP contribution in [-0.2, 0) is 13.0 Å². The Balaban J connectivity index is 2.00. The minimum atomic E-state index is -0.367. The van der Waals surface area contributed by atoms with E-state index in [2.05, 4.69) is 18.8 Å². The van der Waals surface area contributed by atoms with Gasteiger partial charge in [0.2, 0.25) is 5.88 Å². The molecule has 0 saturated carbocycles. The molecule has 2 nitrogen and oxygen atoms in total. The number of hydrogen-bond donors (Lipinski definition) is 0. The van der Waals surface area contributed by atoms with E-state index in [1.807, 2.05) is 6.07 Å². The van der Waals surface area contributed by atoms with Crippen LogP contribution >= 0.6 is 11.6 Å². The van der Waals surface area contributed by atoms with Gasteiger partial charge in [0.1, 0.15) is 12.4 Å². The van der Waals surface area contributed by atoms with Gasteiger partial charge in [0.25, 0.3) is 0 Å². The highest BCUT2D eigenvalue weighted by Gasteiger charge is 2.08. The molecule has 20 heavy (non-hydrogen) atoms. The van der Waals surface area contributed by atoms with Crippen LogP contribution in [0, 0.1) is 11.7 Å². The van der Waals surface area contributed by atoms with Crippen molar-refractivity contribution >= 4 is 11.6 Å². The van der Waals surface area contributed by atoms with Crippen LogP contribution in [0.2, 0.25) is 5.02 Å². The Morgan fingerprint density at radius 2 is 2.05 bits per heavy atom. The first-order valence-electron chi connectivity index (χ1n) is 6.57. The molecule has 0 aliphatic rings. The van der Waals surface area contributed by atoms with Gasteiger partial charge >= 0.3 is 0 Å². The molecule has 0 unspecified atom stereocenters. The number of rotatable bonds is 5. The van der Waals surface area contributed by atoms with Crippen molar-refractivity contribution in [3.63, 3.8) is 0 Å². The van der Waals surface area contributed by atoms with E-state index in [4.69, 9.17) is 16.3 Å². The van der Waals surface area contributed by atoms with Crippen LogP contribution in [0.1, 0.15) is 25.0 Å². The van der Waals surface area contributed by atoms with Crippen molar-refractivity contribution in [2.75, 3.05) is 0 Å². The van der Waals surface area contributed by atoms with E-state index in [0.717, 1.165) is 12.0 Å². The average molecular weight is 294 g/mol. The second-order valence-corrected chi connectivity index (χ2v) is 5.50. The Hall–Kier alpha value is -1.61. The Kier molecular flexibility index (Phi) is 4.96. The molecule has 106 valence electrons. The van der Waals surface area contributed by atoms with Crippen molar-refractivity contribution < 1.29 is 9.13 Å². The van der Waals surface area contributed by atoms with Gasteiger partial charge in [0.15, 0.2) is 0 Å². The third-order valence-corrected chi connectivity index (χ3v) is 3.22. The van der Waals surface area contributed by atoms with Gasteiger partial charge in [-0.15, -0.1) is 0 Å². The summed E-state index contributed by atoms with van der Waals surface area (Å²) in [5.41, 5.74) is 1.51. The molecular weight excluding hydrogens is 277 g/mol. The zero-order chi connectivity index (χ0) is 14.5. The van der Waals surface area contributed by atoms with Gasteiger partial charge in [0.05, 0.1) is 5.02 Å². The fraction of sp³-hybridized carbons (Fsp3) is 0.312. The molecule has 2 aromatic rings. The summed E-state index contributed by atoms with van der Waals surface area (Å²) < 4.78 is 19.1. The normalized spacial score (nSPS) is 10.8. The van der Waals surface area contributed by atoms with E-state index in [0.29, 0.717) is 22.4 Å². The maximum atomic E-state index is 13.6. The van der Waals surface area contributed by atoms with E-state index in [9.17, 15) is 4.39 Å². The first kappa shape index (κ1) is 14.8. The number of hydrogen-bond acceptors (Lipinski definition) is 2. The third-order valence-electron chi connectivity index (χ3n) is 2.87. The van der Waals surface area contributed by atoms with E-state index in [1.165, 1.54) is 6.07 Å². The van der Waals surface area contributed by atoms with Gasteiger partial charge in [-0.2, -0.15) is 0 Å². The monoisotopic (exact) mass is 293 g/mol. The number of benzene rings is 1. The first-order chi connectivity index (χ1) is 9.56. The Bertz CT molecular complexity index is 549. The van der Waals surface area contributed by atoms with E-state index >= 15 is 0 Å². The fourth-order valence-corrected chi connectivity index (χ4v) is 2.12. The van der Waals surface area contributed by atoms with Crippen molar-refractivity contribution in [3.05, 3.63) is 58.5 Å². The summed E-state index contributed by atoms with van der Waals surface area (Å²) in [6.45, 7) is 4.39. The second kappa shape index (κ2) is 6.71. The standard InChI is InChI=1S/C16H17ClFNO/c1-11(2)8-12-6-7-16(19-9-12)20-10-13-14(17)4-3-5-15(13)18/h3-7,9,11H,8,10H2,1-2H3. The molecule has 0 radical (unpaired) electrons. The highest BCUT2D eigenvalue weighted by molar-refractivity contribution is 6.31. The summed E-state index contributed by atoms with van der Waals surface area (Å²) >= 11 is 5.94. The average Bonchev–Trinajstić information content (AvgIpc) is 2.39. The van der Waals surface area contributed by atoms with Crippen LogP contribution in [0.3, 0.4) is 0 Å². The SMILES string of the molecule is CC(C)Cc1ccc(OCc2c(F)cccc2Cl)nc1. The van der Waals surface area contributed by atoms with Crippen molar-refractivity contribution in [2.24, 2.45) is 5.92 Å². The van der Waals surface area contributed by atoms with Crippen LogP contribution in [0.15, 0.2) is 36.5 Å². The molecule has 0 saturated heterocycles. The quantitative estimate of drug-likeness (QED) is 0.800. The van der Waals surface area contributed by atoms with E-state index in [1.54, 1.807) is 24.4 Å². The van der Waals surface area contributed by atoms with Crippen LogP contribution in [0.5, 0.6) is 5.88 Å². The lowest BCUT2D eigenvalue weighted by Crippen LogP contribution is -2.01. The van der Waals surface area contributed by atoms with Gasteiger partial charge in [0, 0.05) is 17.8 Å². The first-order valence-corrected chi connectivity index (χ1v) is 6.94. The zero-order valence-corrected chi connectivity index (χ0v) is 12.3. The second-order valence-electron chi connectivity index (χ2n) is 5.09. The largest absolute Gasteiger partial charge is 0.473 e. The molecule has 0 aliphatic carbocycles. The van der Waals surface area contributed by atoms with Crippen LogP contribution in [0.25, 0.3) is 0 Å². The molecular formula is C16H17ClFNO. The van der Waals surface area contributed by atoms with E-state index in [-0.39, 0.29) is 12.4 Å². The topological polar surface area (TPSA) is 22.1 Å². The fourth-order valence-electron chi connectivity index (χ4n) is 1.90. The molecule has 2 rings (SSSR count). The molecule has 0 aliphatic heterocycles. The lowest BCUT2D eigenvalue weighted by Gasteiger charge is -2.09. The number of nitrogens with zero attached hydrogens (tertiary/aromatic N) is 1. The van der Waals surface area contributed by atoms with Crippen LogP contribution in [-0.4, -0.2) is 4.98 Å². The summed E-state index contributed by atoms with van der Waals surface area (Å²) in [6, 6.07) is 8.35. The number of ether oxygens (including phenoxy) is 1. The summed E-state index contributed by atoms with van der Waals surface area (Å²) in [5, 5.41) is 0.362. The smallest absolute Gasteiger partial charge is 0.213 e. The van der Waals surface area contributed by atoms with Crippen molar-refractivity contribution in [3.8, 4) is 5.88 Å². The van der Waals surface area contributed by atoms with Gasteiger partial charge in [-0.25, -0.2) is 9.37 Å². The van der Waals surface area contributed by atoms with Gasteiger partial charge in [-0.3, -0.25) is 0 Å². The predicted molar refractivity (Wildman–Crippen MR) is 78.5 cm³/mol. The van der Waals surface area contributed by atoms with Crippen molar-refractivity contribution in [1.82, 2.24) is 4.98 Å². The summed E-state index contributed by atoms with van der Waals surface area (Å²) in [5.74, 6) is 0.687. The molecule has 0 amide bonds. The Labute approximate surface area is 123 Å². The maximum absolute atomic E-state index is 13.6. The van der Waals surface area contributed by atoms with Gasteiger partial charge < -0.3 is 4.74 Å². The van der Waals surface area contributed by atoms with Crippen LogP contribution in [0.4, 0.5) is 4.39 Å². The molecule has 4 heteroatoms. The highest BCUT2D eigenvalue weighted by Crippen LogP contribution is 2.21. The number of aromatic nitrogens is 1. The Morgan fingerprint density at radius 1 is 1.25 bits per heavy atom. The molecule has 0 fully saturated rings. The van der Waals surface area contributed by atoms with Crippen molar-refractivity contribution in [1.29, 1.82) is 0 Å². The van der Waals surface area contributed by atoms with E-state index < -0.39 is 0 Å². The minimum Gasteiger partial charge on any atom is -0.473 e. The third kappa shape index (κ3) is 3.94. The lowest BCUT2D eigenvalue weighted by molar-refractivity contribution is 0.288. The molecule has 0 bridgehead atoms. The minimum absolute atomic E-state index is 0.0715. The van der Waals surface area contributed by atoms with Crippen molar-refractivity contribution in [2.45, 2.75) is 26.9 Å². The molecule has 1 aromatic carbocycles. The van der Waals surface area contributed by atoms with Gasteiger partial charge in [-0.05, 0) is 30.0 Å². The molecule has 1 heterocycles. The lowest BCUT2D eigenvalue weighted by atomic mass is 10.1. The molecule has 1 aromatic heterocycles.